The zero-order valence-electron chi connectivity index (χ0n) is 44.2. The molecule has 0 aromatic rings. The molecule has 0 radical (unpaired) electrons. The van der Waals surface area contributed by atoms with Crippen molar-refractivity contribution in [3.8, 4) is 0 Å². The van der Waals surface area contributed by atoms with Gasteiger partial charge < -0.3 is 104 Å². The third kappa shape index (κ3) is 9.50. The van der Waals surface area contributed by atoms with Crippen molar-refractivity contribution in [1.82, 2.24) is 0 Å². The molecule has 8 fully saturated rings. The van der Waals surface area contributed by atoms with Crippen LogP contribution in [0.15, 0.2) is 11.6 Å². The van der Waals surface area contributed by atoms with Crippen molar-refractivity contribution in [3.63, 3.8) is 0 Å². The fraction of sp³-hybridized carbons (Fsp3) is 0.943. The normalized spacial score (nSPS) is 54.8. The first-order chi connectivity index (χ1) is 35.1. The summed E-state index contributed by atoms with van der Waals surface area (Å²) < 4.78 is 47.2. The van der Waals surface area contributed by atoms with Gasteiger partial charge in [0.25, 0.3) is 0 Å². The Balaban J connectivity index is 0.914. The van der Waals surface area contributed by atoms with E-state index in [2.05, 4.69) is 40.7 Å². The summed E-state index contributed by atoms with van der Waals surface area (Å²) in [5, 5.41) is 139. The van der Waals surface area contributed by atoms with Crippen molar-refractivity contribution >= 4 is 5.97 Å². The van der Waals surface area contributed by atoms with Gasteiger partial charge in [-0.25, -0.2) is 0 Å². The smallest absolute Gasteiger partial charge is 0.315 e. The van der Waals surface area contributed by atoms with Gasteiger partial charge >= 0.3 is 5.97 Å². The Bertz CT molecular complexity index is 2060. The second-order valence-corrected chi connectivity index (χ2v) is 25.7. The van der Waals surface area contributed by atoms with Crippen LogP contribution in [0.2, 0.25) is 0 Å². The lowest BCUT2D eigenvalue weighted by molar-refractivity contribution is -0.367. The number of fused-ring (bicyclic) bond motifs is 7. The SMILES string of the molecule is CC1OC(OC2C(CO)OC(OC3CCC4(C)C(CCC5(C)C4CC=C4C6CC(C)(C)CCC6(C(=O)OC6OC(OCC7OCC(O)C(O)C7O)C(O)C(O)C6O)CCC45C)C3(C)CO)C(O)C2O)C(O)C(O)C1O. The van der Waals surface area contributed by atoms with Crippen LogP contribution in [-0.4, -0.2) is 222 Å². The van der Waals surface area contributed by atoms with Crippen LogP contribution in [-0.2, 0) is 42.7 Å². The highest BCUT2D eigenvalue weighted by Crippen LogP contribution is 2.76. The quantitative estimate of drug-likeness (QED) is 0.0643. The average molecular weight is 1080 g/mol. The van der Waals surface area contributed by atoms with Crippen LogP contribution in [0.5, 0.6) is 0 Å². The molecule has 430 valence electrons. The highest BCUT2D eigenvalue weighted by Gasteiger charge is 2.71. The van der Waals surface area contributed by atoms with Gasteiger partial charge in [-0.1, -0.05) is 53.2 Å². The van der Waals surface area contributed by atoms with E-state index in [1.807, 2.05) is 6.92 Å². The molecule has 9 rings (SSSR count). The first kappa shape index (κ1) is 58.1. The van der Waals surface area contributed by atoms with Crippen LogP contribution in [0.4, 0.5) is 0 Å². The van der Waals surface area contributed by atoms with E-state index >= 15 is 4.79 Å². The van der Waals surface area contributed by atoms with E-state index in [9.17, 15) is 66.4 Å². The lowest BCUT2D eigenvalue weighted by Gasteiger charge is -2.71. The fourth-order valence-corrected chi connectivity index (χ4v) is 16.1. The number of rotatable bonds is 11. The predicted molar refractivity (Wildman–Crippen MR) is 257 cm³/mol. The van der Waals surface area contributed by atoms with Gasteiger partial charge in [0, 0.05) is 5.41 Å². The van der Waals surface area contributed by atoms with Gasteiger partial charge in [-0.05, 0) is 111 Å². The number of ether oxygens (including phenoxy) is 8. The number of esters is 1. The lowest BCUT2D eigenvalue weighted by Crippen LogP contribution is -2.67. The summed E-state index contributed by atoms with van der Waals surface area (Å²) >= 11 is 0. The van der Waals surface area contributed by atoms with E-state index in [1.54, 1.807) is 0 Å². The molecular formula is C53H86O22. The molecular weight excluding hydrogens is 989 g/mol. The maximum absolute atomic E-state index is 15.0. The molecule has 75 heavy (non-hydrogen) atoms. The molecule has 4 saturated heterocycles. The summed E-state index contributed by atoms with van der Waals surface area (Å²) in [6, 6.07) is 0. The Morgan fingerprint density at radius 1 is 0.640 bits per heavy atom. The second kappa shape index (κ2) is 21.1. The van der Waals surface area contributed by atoms with Crippen molar-refractivity contribution in [2.45, 2.75) is 235 Å². The Hall–Kier alpha value is -1.59. The summed E-state index contributed by atoms with van der Waals surface area (Å²) in [6.07, 6.45) is -20.9. The van der Waals surface area contributed by atoms with E-state index in [-0.39, 0.29) is 52.6 Å². The van der Waals surface area contributed by atoms with Gasteiger partial charge in [-0.15, -0.1) is 0 Å². The van der Waals surface area contributed by atoms with Crippen LogP contribution >= 0.6 is 0 Å². The van der Waals surface area contributed by atoms with Crippen LogP contribution in [0, 0.1) is 50.2 Å². The zero-order chi connectivity index (χ0) is 54.7. The molecule has 22 nitrogen and oxygen atoms in total. The number of hydrogen-bond acceptors (Lipinski definition) is 22. The number of allylic oxidation sites excluding steroid dienone is 2. The molecule has 28 unspecified atom stereocenters. The first-order valence-corrected chi connectivity index (χ1v) is 27.3. The molecule has 13 N–H and O–H groups in total. The number of carbonyl (C=O) groups is 1. The highest BCUT2D eigenvalue weighted by molar-refractivity contribution is 5.79. The van der Waals surface area contributed by atoms with E-state index in [0.29, 0.717) is 44.9 Å². The summed E-state index contributed by atoms with van der Waals surface area (Å²) in [7, 11) is 0. The standard InChI is InChI=1S/C53H86O22/c1-23-32(57)35(60)39(64)44(70-23)73-42-27(19-54)71-45(41(66)37(42)62)72-31-11-12-49(4)29(50(31,5)22-55)10-13-52(7)30(49)9-8-24-25-18-48(2,3)14-16-53(25,17-15-51(24,52)6)47(67)75-46-40(65)36(61)38(63)43(74-46)69-21-28-34(59)33(58)26(56)20-68-28/h8,23,25-46,54-66H,9-22H2,1-7H3. The molecule has 4 aliphatic heterocycles. The molecule has 28 atom stereocenters. The third-order valence-electron chi connectivity index (χ3n) is 21.1. The van der Waals surface area contributed by atoms with E-state index in [1.165, 1.54) is 12.5 Å². The molecule has 22 heteroatoms. The van der Waals surface area contributed by atoms with Crippen molar-refractivity contribution in [1.29, 1.82) is 0 Å². The minimum atomic E-state index is -1.84. The topological polar surface area (TPSA) is 354 Å². The van der Waals surface area contributed by atoms with Crippen molar-refractivity contribution in [2.75, 3.05) is 26.4 Å². The molecule has 0 spiro atoms. The van der Waals surface area contributed by atoms with Crippen molar-refractivity contribution in [3.05, 3.63) is 11.6 Å². The van der Waals surface area contributed by atoms with Crippen LogP contribution < -0.4 is 0 Å². The average Bonchev–Trinajstić information content (AvgIpc) is 3.44. The monoisotopic (exact) mass is 1070 g/mol. The maximum Gasteiger partial charge on any atom is 0.315 e. The van der Waals surface area contributed by atoms with Gasteiger partial charge in [0.2, 0.25) is 6.29 Å². The van der Waals surface area contributed by atoms with Crippen LogP contribution in [0.25, 0.3) is 0 Å². The fourth-order valence-electron chi connectivity index (χ4n) is 16.1. The molecule has 4 heterocycles. The first-order valence-electron chi connectivity index (χ1n) is 27.3. The summed E-state index contributed by atoms with van der Waals surface area (Å²) in [5.41, 5.74) is -1.74. The van der Waals surface area contributed by atoms with E-state index < -0.39 is 153 Å². The minimum absolute atomic E-state index is 0.0657. The Morgan fingerprint density at radius 2 is 1.28 bits per heavy atom. The summed E-state index contributed by atoms with van der Waals surface area (Å²) in [5.74, 6) is -0.755. The van der Waals surface area contributed by atoms with Crippen LogP contribution in [0.1, 0.15) is 113 Å². The van der Waals surface area contributed by atoms with Gasteiger partial charge in [0.15, 0.2) is 18.9 Å². The largest absolute Gasteiger partial charge is 0.432 e. The molecule has 9 aliphatic rings. The van der Waals surface area contributed by atoms with Crippen molar-refractivity contribution < 1.29 is 109 Å². The molecule has 0 aromatic heterocycles. The molecule has 5 aliphatic carbocycles. The minimum Gasteiger partial charge on any atom is -0.432 e. The predicted octanol–water partition coefficient (Wildman–Crippen LogP) is -1.40. The summed E-state index contributed by atoms with van der Waals surface area (Å²) in [4.78, 5) is 15.0. The molecule has 4 saturated carbocycles. The Morgan fingerprint density at radius 3 is 1.97 bits per heavy atom. The molecule has 0 amide bonds. The lowest BCUT2D eigenvalue weighted by atomic mass is 9.33. The Labute approximate surface area is 437 Å². The number of aliphatic hydroxyl groups excluding tert-OH is 13. The van der Waals surface area contributed by atoms with E-state index in [4.69, 9.17) is 37.9 Å². The molecule has 0 bridgehead atoms. The van der Waals surface area contributed by atoms with E-state index in [0.717, 1.165) is 19.3 Å². The highest BCUT2D eigenvalue weighted by atomic mass is 16.8. The third-order valence-corrected chi connectivity index (χ3v) is 21.1. The number of carbonyl (C=O) groups excluding carboxylic acids is 1. The number of hydrogen-bond donors (Lipinski definition) is 13. The van der Waals surface area contributed by atoms with Crippen molar-refractivity contribution in [2.24, 2.45) is 50.2 Å². The summed E-state index contributed by atoms with van der Waals surface area (Å²) in [6.45, 7) is 13.3. The zero-order valence-corrected chi connectivity index (χ0v) is 44.2. The van der Waals surface area contributed by atoms with Gasteiger partial charge in [0.05, 0.1) is 44.1 Å². The maximum atomic E-state index is 15.0. The Kier molecular flexibility index (Phi) is 16.3. The van der Waals surface area contributed by atoms with Crippen LogP contribution in [0.3, 0.4) is 0 Å². The molecule has 0 aromatic carbocycles. The number of aliphatic hydroxyl groups is 13. The van der Waals surface area contributed by atoms with Gasteiger partial charge in [-0.2, -0.15) is 0 Å². The second-order valence-electron chi connectivity index (χ2n) is 25.7. The van der Waals surface area contributed by atoms with Gasteiger partial charge in [-0.3, -0.25) is 4.79 Å². The van der Waals surface area contributed by atoms with Gasteiger partial charge in [0.1, 0.15) is 85.5 Å².